The highest BCUT2D eigenvalue weighted by Gasteiger charge is 2.22. The summed E-state index contributed by atoms with van der Waals surface area (Å²) in [7, 11) is 1.68. The molecule has 0 heterocycles. The van der Waals surface area contributed by atoms with E-state index in [1.165, 1.54) is 0 Å². The Kier molecular flexibility index (Phi) is 5.16. The Balaban J connectivity index is 3.01. The molecule has 6 heteroatoms. The normalized spacial score (nSPS) is 14.0. The maximum Gasteiger partial charge on any atom is 0.160 e. The van der Waals surface area contributed by atoms with Crippen molar-refractivity contribution in [3.05, 3.63) is 34.9 Å². The molecular weight excluding hydrogens is 242 g/mol. The zero-order valence-electron chi connectivity index (χ0n) is 9.82. The molecule has 3 N–H and O–H groups in total. The van der Waals surface area contributed by atoms with Crippen molar-refractivity contribution < 1.29 is 19.0 Å². The lowest BCUT2D eigenvalue weighted by molar-refractivity contribution is 0.0136. The van der Waals surface area contributed by atoms with Crippen LogP contribution in [0.1, 0.15) is 23.7 Å². The van der Waals surface area contributed by atoms with Crippen molar-refractivity contribution in [1.82, 2.24) is 5.32 Å². The molecule has 0 aromatic heterocycles. The van der Waals surface area contributed by atoms with Crippen molar-refractivity contribution in [2.24, 2.45) is 0 Å². The third-order valence-corrected chi connectivity index (χ3v) is 2.59. The number of halogens is 2. The van der Waals surface area contributed by atoms with Gasteiger partial charge in [0.05, 0.1) is 17.7 Å². The molecule has 2 unspecified atom stereocenters. The number of nitrogens with one attached hydrogen (secondary N) is 1. The molecule has 0 aliphatic heterocycles. The number of nitrogens with zero attached hydrogens (tertiary/aromatic N) is 1. The van der Waals surface area contributed by atoms with Gasteiger partial charge in [-0.3, -0.25) is 0 Å². The molecule has 0 aliphatic carbocycles. The van der Waals surface area contributed by atoms with E-state index >= 15 is 0 Å². The van der Waals surface area contributed by atoms with E-state index in [2.05, 4.69) is 5.32 Å². The average Bonchev–Trinajstić information content (AvgIpc) is 2.37. The summed E-state index contributed by atoms with van der Waals surface area (Å²) in [6.45, 7) is 0.448. The van der Waals surface area contributed by atoms with Crippen LogP contribution in [0.2, 0.25) is 0 Å². The molecule has 18 heavy (non-hydrogen) atoms. The fourth-order valence-electron chi connectivity index (χ4n) is 1.56. The van der Waals surface area contributed by atoms with E-state index in [1.54, 1.807) is 13.1 Å². The Labute approximate surface area is 103 Å². The molecule has 0 fully saturated rings. The highest BCUT2D eigenvalue weighted by Crippen LogP contribution is 2.24. The van der Waals surface area contributed by atoms with Crippen molar-refractivity contribution in [3.8, 4) is 6.07 Å². The summed E-state index contributed by atoms with van der Waals surface area (Å²) in [5, 5.41) is 31.1. The number of nitriles is 1. The number of rotatable bonds is 5. The molecule has 1 aromatic carbocycles. The average molecular weight is 256 g/mol. The Morgan fingerprint density at radius 2 is 1.94 bits per heavy atom. The summed E-state index contributed by atoms with van der Waals surface area (Å²) >= 11 is 0. The number of benzene rings is 1. The van der Waals surface area contributed by atoms with E-state index in [9.17, 15) is 19.0 Å². The van der Waals surface area contributed by atoms with E-state index in [0.717, 1.165) is 6.07 Å². The molecule has 0 saturated heterocycles. The van der Waals surface area contributed by atoms with Gasteiger partial charge < -0.3 is 15.5 Å². The molecule has 1 rings (SSSR count). The highest BCUT2D eigenvalue weighted by atomic mass is 19.2. The van der Waals surface area contributed by atoms with Gasteiger partial charge in [-0.1, -0.05) is 0 Å². The van der Waals surface area contributed by atoms with E-state index < -0.39 is 23.8 Å². The van der Waals surface area contributed by atoms with Crippen LogP contribution < -0.4 is 5.32 Å². The molecule has 2 atom stereocenters. The number of hydrogen-bond acceptors (Lipinski definition) is 4. The summed E-state index contributed by atoms with van der Waals surface area (Å²) in [5.74, 6) is -2.32. The minimum Gasteiger partial charge on any atom is -0.390 e. The summed E-state index contributed by atoms with van der Waals surface area (Å²) < 4.78 is 26.0. The first kappa shape index (κ1) is 14.5. The van der Waals surface area contributed by atoms with Crippen LogP contribution in [0.25, 0.3) is 0 Å². The van der Waals surface area contributed by atoms with Crippen LogP contribution in [0, 0.1) is 23.0 Å². The molecule has 98 valence electrons. The van der Waals surface area contributed by atoms with Crippen molar-refractivity contribution in [1.29, 1.82) is 5.26 Å². The van der Waals surface area contributed by atoms with Gasteiger partial charge in [-0.05, 0) is 32.1 Å². The zero-order chi connectivity index (χ0) is 13.7. The summed E-state index contributed by atoms with van der Waals surface area (Å²) in [4.78, 5) is 0. The van der Waals surface area contributed by atoms with Gasteiger partial charge >= 0.3 is 0 Å². The third kappa shape index (κ3) is 3.23. The molecule has 0 spiro atoms. The first-order valence-electron chi connectivity index (χ1n) is 5.41. The van der Waals surface area contributed by atoms with Gasteiger partial charge in [-0.15, -0.1) is 0 Å². The topological polar surface area (TPSA) is 76.3 Å². The monoisotopic (exact) mass is 256 g/mol. The lowest BCUT2D eigenvalue weighted by atomic mass is 9.97. The number of aliphatic hydroxyl groups is 2. The summed E-state index contributed by atoms with van der Waals surface area (Å²) in [6.07, 6.45) is -2.36. The Morgan fingerprint density at radius 3 is 2.50 bits per heavy atom. The fraction of sp³-hybridized carbons (Fsp3) is 0.417. The molecule has 0 amide bonds. The highest BCUT2D eigenvalue weighted by molar-refractivity contribution is 5.40. The van der Waals surface area contributed by atoms with Crippen LogP contribution in [0.5, 0.6) is 0 Å². The quantitative estimate of drug-likeness (QED) is 0.729. The first-order valence-corrected chi connectivity index (χ1v) is 5.41. The number of hydrogen-bond donors (Lipinski definition) is 3. The van der Waals surface area contributed by atoms with Crippen molar-refractivity contribution in [3.63, 3.8) is 0 Å². The van der Waals surface area contributed by atoms with Crippen LogP contribution in [-0.4, -0.2) is 29.9 Å². The molecule has 0 aliphatic rings. The largest absolute Gasteiger partial charge is 0.390 e. The number of aliphatic hydroxyl groups excluding tert-OH is 2. The molecule has 0 bridgehead atoms. The van der Waals surface area contributed by atoms with Gasteiger partial charge in [0, 0.05) is 5.56 Å². The second-order valence-corrected chi connectivity index (χ2v) is 3.87. The van der Waals surface area contributed by atoms with E-state index in [4.69, 9.17) is 5.26 Å². The third-order valence-electron chi connectivity index (χ3n) is 2.59. The van der Waals surface area contributed by atoms with Gasteiger partial charge in [0.25, 0.3) is 0 Å². The summed E-state index contributed by atoms with van der Waals surface area (Å²) in [6, 6.07) is 3.11. The van der Waals surface area contributed by atoms with Crippen LogP contribution >= 0.6 is 0 Å². The van der Waals surface area contributed by atoms with E-state index in [0.29, 0.717) is 12.6 Å². The molecule has 4 nitrogen and oxygen atoms in total. The molecule has 0 saturated carbocycles. The maximum absolute atomic E-state index is 13.1. The van der Waals surface area contributed by atoms with Gasteiger partial charge in [0.15, 0.2) is 11.6 Å². The smallest absolute Gasteiger partial charge is 0.160 e. The lowest BCUT2D eigenvalue weighted by Crippen LogP contribution is -2.24. The van der Waals surface area contributed by atoms with Crippen molar-refractivity contribution >= 4 is 0 Å². The zero-order valence-corrected chi connectivity index (χ0v) is 9.82. The summed E-state index contributed by atoms with van der Waals surface area (Å²) in [5.41, 5.74) is -0.301. The fourth-order valence-corrected chi connectivity index (χ4v) is 1.56. The first-order chi connectivity index (χ1) is 8.51. The van der Waals surface area contributed by atoms with E-state index in [-0.39, 0.29) is 17.5 Å². The molecule has 1 aromatic rings. The van der Waals surface area contributed by atoms with Gasteiger partial charge in [0.1, 0.15) is 6.10 Å². The Hall–Kier alpha value is -1.55. The van der Waals surface area contributed by atoms with Gasteiger partial charge in [-0.25, -0.2) is 8.78 Å². The molecular formula is C12H14F2N2O2. The predicted molar refractivity (Wildman–Crippen MR) is 60.6 cm³/mol. The minimum atomic E-state index is -1.43. The predicted octanol–water partition coefficient (Wildman–Crippen LogP) is 0.840. The Morgan fingerprint density at radius 1 is 1.33 bits per heavy atom. The standard InChI is InChI=1S/C12H14F2N2O2/c1-16-3-2-11(17)12(18)8-5-10(14)9(13)4-7(8)6-15/h4-5,11-12,16-18H,2-3H2,1H3. The SMILES string of the molecule is CNCCC(O)C(O)c1cc(F)c(F)cc1C#N. The van der Waals surface area contributed by atoms with E-state index in [1.807, 2.05) is 0 Å². The maximum atomic E-state index is 13.1. The van der Waals surface area contributed by atoms with Crippen LogP contribution in [0.4, 0.5) is 8.78 Å². The lowest BCUT2D eigenvalue weighted by Gasteiger charge is -2.19. The Bertz CT molecular complexity index is 460. The van der Waals surface area contributed by atoms with Crippen molar-refractivity contribution in [2.75, 3.05) is 13.6 Å². The molecule has 0 radical (unpaired) electrons. The van der Waals surface area contributed by atoms with Crippen molar-refractivity contribution in [2.45, 2.75) is 18.6 Å². The van der Waals surface area contributed by atoms with Crippen LogP contribution in [0.3, 0.4) is 0 Å². The second-order valence-electron chi connectivity index (χ2n) is 3.87. The van der Waals surface area contributed by atoms with Crippen LogP contribution in [0.15, 0.2) is 12.1 Å². The second kappa shape index (κ2) is 6.40. The van der Waals surface area contributed by atoms with Gasteiger partial charge in [0.2, 0.25) is 0 Å². The van der Waals surface area contributed by atoms with Crippen LogP contribution in [-0.2, 0) is 0 Å². The van der Waals surface area contributed by atoms with Gasteiger partial charge in [-0.2, -0.15) is 5.26 Å². The minimum absolute atomic E-state index is 0.111.